The molecular formula is C8H10N2O2. The summed E-state index contributed by atoms with van der Waals surface area (Å²) in [5, 5.41) is 4.00. The number of hydrogen-bond donors (Lipinski definition) is 0. The van der Waals surface area contributed by atoms with Gasteiger partial charge in [-0.05, 0) is 6.92 Å². The number of hydrogen-bond acceptors (Lipinski definition) is 3. The van der Waals surface area contributed by atoms with Crippen LogP contribution in [0, 0.1) is 0 Å². The Bertz CT molecular complexity index is 283. The van der Waals surface area contributed by atoms with Crippen LogP contribution in [0.1, 0.15) is 12.5 Å². The SMILES string of the molecule is C/C=C/c1cnn(C)c1.O=C=O. The van der Waals surface area contributed by atoms with Crippen LogP contribution in [-0.2, 0) is 16.6 Å². The molecule has 0 unspecified atom stereocenters. The van der Waals surface area contributed by atoms with Crippen molar-refractivity contribution in [3.8, 4) is 0 Å². The van der Waals surface area contributed by atoms with Gasteiger partial charge >= 0.3 is 6.15 Å². The van der Waals surface area contributed by atoms with Gasteiger partial charge in [-0.25, -0.2) is 0 Å². The van der Waals surface area contributed by atoms with E-state index in [0.717, 1.165) is 5.56 Å². The molecule has 0 aliphatic rings. The van der Waals surface area contributed by atoms with E-state index in [1.165, 1.54) is 0 Å². The predicted octanol–water partition coefficient (Wildman–Crippen LogP) is 0.870. The zero-order valence-electron chi connectivity index (χ0n) is 7.02. The summed E-state index contributed by atoms with van der Waals surface area (Å²) in [6.07, 6.45) is 8.07. The van der Waals surface area contributed by atoms with Crippen molar-refractivity contribution in [1.82, 2.24) is 9.78 Å². The summed E-state index contributed by atoms with van der Waals surface area (Å²) in [4.78, 5) is 16.2. The van der Waals surface area contributed by atoms with Crippen molar-refractivity contribution < 1.29 is 9.59 Å². The van der Waals surface area contributed by atoms with Crippen LogP contribution < -0.4 is 0 Å². The topological polar surface area (TPSA) is 52.0 Å². The van der Waals surface area contributed by atoms with E-state index in [9.17, 15) is 0 Å². The molecule has 0 saturated heterocycles. The highest BCUT2D eigenvalue weighted by Crippen LogP contribution is 1.97. The van der Waals surface area contributed by atoms with E-state index in [2.05, 4.69) is 5.10 Å². The Kier molecular flexibility index (Phi) is 5.22. The lowest BCUT2D eigenvalue weighted by Gasteiger charge is -1.80. The molecule has 0 radical (unpaired) electrons. The van der Waals surface area contributed by atoms with Gasteiger partial charge in [0, 0.05) is 18.8 Å². The summed E-state index contributed by atoms with van der Waals surface area (Å²) in [6, 6.07) is 0. The molecule has 4 nitrogen and oxygen atoms in total. The number of aryl methyl sites for hydroxylation is 1. The maximum absolute atomic E-state index is 8.12. The van der Waals surface area contributed by atoms with E-state index < -0.39 is 0 Å². The van der Waals surface area contributed by atoms with Crippen molar-refractivity contribution >= 4 is 12.2 Å². The monoisotopic (exact) mass is 166 g/mol. The second-order valence-corrected chi connectivity index (χ2v) is 2.03. The van der Waals surface area contributed by atoms with Gasteiger partial charge in [0.05, 0.1) is 6.20 Å². The second-order valence-electron chi connectivity index (χ2n) is 2.03. The third-order valence-corrected chi connectivity index (χ3v) is 1.08. The Balaban J connectivity index is 0.000000354. The van der Waals surface area contributed by atoms with E-state index in [-0.39, 0.29) is 6.15 Å². The van der Waals surface area contributed by atoms with Crippen LogP contribution >= 0.6 is 0 Å². The van der Waals surface area contributed by atoms with Crippen molar-refractivity contribution in [3.63, 3.8) is 0 Å². The Morgan fingerprint density at radius 3 is 2.50 bits per heavy atom. The first-order valence-electron chi connectivity index (χ1n) is 3.35. The molecule has 0 saturated carbocycles. The highest BCUT2D eigenvalue weighted by molar-refractivity contribution is 5.45. The standard InChI is InChI=1S/C7H10N2.CO2/c1-3-4-7-5-8-9(2)6-7;2-1-3/h3-6H,1-2H3;/b4-3+;. The zero-order valence-corrected chi connectivity index (χ0v) is 7.02. The molecule has 1 aromatic rings. The van der Waals surface area contributed by atoms with Crippen LogP contribution in [-0.4, -0.2) is 15.9 Å². The maximum Gasteiger partial charge on any atom is 0.373 e. The quantitative estimate of drug-likeness (QED) is 0.622. The molecule has 0 atom stereocenters. The van der Waals surface area contributed by atoms with E-state index in [4.69, 9.17) is 9.59 Å². The number of rotatable bonds is 1. The molecular weight excluding hydrogens is 156 g/mol. The van der Waals surface area contributed by atoms with Crippen molar-refractivity contribution in [2.45, 2.75) is 6.92 Å². The number of aromatic nitrogens is 2. The molecule has 12 heavy (non-hydrogen) atoms. The second kappa shape index (κ2) is 6.07. The molecule has 0 aliphatic heterocycles. The summed E-state index contributed by atoms with van der Waals surface area (Å²) in [5.74, 6) is 0. The maximum atomic E-state index is 8.12. The molecule has 0 aliphatic carbocycles. The van der Waals surface area contributed by atoms with Crippen molar-refractivity contribution in [3.05, 3.63) is 24.0 Å². The largest absolute Gasteiger partial charge is 0.373 e. The van der Waals surface area contributed by atoms with Gasteiger partial charge in [-0.1, -0.05) is 12.2 Å². The van der Waals surface area contributed by atoms with Gasteiger partial charge in [-0.3, -0.25) is 4.68 Å². The van der Waals surface area contributed by atoms with Crippen LogP contribution in [0.4, 0.5) is 0 Å². The lowest BCUT2D eigenvalue weighted by Crippen LogP contribution is -1.83. The lowest BCUT2D eigenvalue weighted by molar-refractivity contribution is -0.191. The minimum atomic E-state index is 0.250. The highest BCUT2D eigenvalue weighted by Gasteiger charge is 1.86. The van der Waals surface area contributed by atoms with Crippen LogP contribution in [0.5, 0.6) is 0 Å². The summed E-state index contributed by atoms with van der Waals surface area (Å²) >= 11 is 0. The Labute approximate surface area is 70.5 Å². The third kappa shape index (κ3) is 4.19. The fourth-order valence-electron chi connectivity index (χ4n) is 0.719. The molecule has 0 N–H and O–H groups in total. The number of allylic oxidation sites excluding steroid dienone is 1. The first-order chi connectivity index (χ1) is 5.74. The highest BCUT2D eigenvalue weighted by atomic mass is 16.2. The molecule has 1 aromatic heterocycles. The summed E-state index contributed by atoms with van der Waals surface area (Å²) in [6.45, 7) is 1.99. The molecule has 64 valence electrons. The molecule has 0 amide bonds. The van der Waals surface area contributed by atoms with Crippen molar-refractivity contribution in [2.75, 3.05) is 0 Å². The molecule has 1 rings (SSSR count). The minimum absolute atomic E-state index is 0.250. The van der Waals surface area contributed by atoms with Gasteiger partial charge in [-0.2, -0.15) is 14.7 Å². The van der Waals surface area contributed by atoms with E-state index >= 15 is 0 Å². The van der Waals surface area contributed by atoms with Crippen LogP contribution in [0.2, 0.25) is 0 Å². The van der Waals surface area contributed by atoms with E-state index in [1.807, 2.05) is 38.5 Å². The van der Waals surface area contributed by atoms with Gasteiger partial charge < -0.3 is 0 Å². The Hall–Kier alpha value is -1.67. The predicted molar refractivity (Wildman–Crippen MR) is 42.9 cm³/mol. The van der Waals surface area contributed by atoms with Crippen LogP contribution in [0.15, 0.2) is 18.5 Å². The van der Waals surface area contributed by atoms with Gasteiger partial charge in [0.1, 0.15) is 0 Å². The fraction of sp³-hybridized carbons (Fsp3) is 0.250. The smallest absolute Gasteiger partial charge is 0.275 e. The first kappa shape index (κ1) is 10.3. The minimum Gasteiger partial charge on any atom is -0.275 e. The van der Waals surface area contributed by atoms with Crippen molar-refractivity contribution in [2.24, 2.45) is 7.05 Å². The molecule has 0 bridgehead atoms. The molecule has 0 spiro atoms. The summed E-state index contributed by atoms with van der Waals surface area (Å²) in [5.41, 5.74) is 1.15. The lowest BCUT2D eigenvalue weighted by atomic mass is 10.3. The van der Waals surface area contributed by atoms with Crippen LogP contribution in [0.3, 0.4) is 0 Å². The zero-order chi connectivity index (χ0) is 9.40. The van der Waals surface area contributed by atoms with Crippen molar-refractivity contribution in [1.29, 1.82) is 0 Å². The molecule has 1 heterocycles. The summed E-state index contributed by atoms with van der Waals surface area (Å²) in [7, 11) is 1.91. The van der Waals surface area contributed by atoms with Gasteiger partial charge in [0.2, 0.25) is 0 Å². The average Bonchev–Trinajstić information content (AvgIpc) is 2.38. The Morgan fingerprint density at radius 2 is 2.17 bits per heavy atom. The average molecular weight is 166 g/mol. The molecule has 4 heteroatoms. The fourth-order valence-corrected chi connectivity index (χ4v) is 0.719. The third-order valence-electron chi connectivity index (χ3n) is 1.08. The van der Waals surface area contributed by atoms with Gasteiger partial charge in [0.25, 0.3) is 0 Å². The molecule has 0 fully saturated rings. The van der Waals surface area contributed by atoms with Crippen LogP contribution in [0.25, 0.3) is 6.08 Å². The van der Waals surface area contributed by atoms with E-state index in [0.29, 0.717) is 0 Å². The Morgan fingerprint density at radius 1 is 1.58 bits per heavy atom. The number of nitrogens with zero attached hydrogens (tertiary/aromatic N) is 2. The van der Waals surface area contributed by atoms with Gasteiger partial charge in [0.15, 0.2) is 0 Å². The summed E-state index contributed by atoms with van der Waals surface area (Å²) < 4.78 is 1.79. The van der Waals surface area contributed by atoms with E-state index in [1.54, 1.807) is 4.68 Å². The molecule has 0 aromatic carbocycles. The normalized spacial score (nSPS) is 8.83. The number of carbonyl (C=O) groups excluding carboxylic acids is 2. The van der Waals surface area contributed by atoms with Gasteiger partial charge in [-0.15, -0.1) is 0 Å². The first-order valence-corrected chi connectivity index (χ1v) is 3.35.